The molecule has 0 amide bonds. The lowest BCUT2D eigenvalue weighted by Crippen LogP contribution is -2.35. The van der Waals surface area contributed by atoms with Gasteiger partial charge in [0.2, 0.25) is 5.95 Å². The van der Waals surface area contributed by atoms with E-state index in [0.29, 0.717) is 17.7 Å². The van der Waals surface area contributed by atoms with Crippen LogP contribution in [0.4, 0.5) is 5.95 Å². The zero-order valence-electron chi connectivity index (χ0n) is 13.6. The van der Waals surface area contributed by atoms with E-state index < -0.39 is 0 Å². The zero-order chi connectivity index (χ0) is 16.7. The van der Waals surface area contributed by atoms with E-state index in [-0.39, 0.29) is 11.6 Å². The van der Waals surface area contributed by atoms with Crippen LogP contribution in [0.25, 0.3) is 0 Å². The lowest BCUT2D eigenvalue weighted by Gasteiger charge is -2.31. The summed E-state index contributed by atoms with van der Waals surface area (Å²) in [6.45, 7) is 1.60. The maximum atomic E-state index is 12.3. The molecule has 2 aromatic rings. The van der Waals surface area contributed by atoms with Crippen molar-refractivity contribution in [3.63, 3.8) is 0 Å². The second-order valence-electron chi connectivity index (χ2n) is 6.48. The minimum Gasteiger partial charge on any atom is -0.341 e. The highest BCUT2D eigenvalue weighted by Crippen LogP contribution is 2.37. The normalized spacial score (nSPS) is 18.6. The van der Waals surface area contributed by atoms with E-state index in [1.807, 2.05) is 10.6 Å². The van der Waals surface area contributed by atoms with Crippen molar-refractivity contribution in [3.8, 4) is 6.07 Å². The predicted molar refractivity (Wildman–Crippen MR) is 86.7 cm³/mol. The Morgan fingerprint density at radius 2 is 2.00 bits per heavy atom. The molecule has 4 rings (SSSR count). The Labute approximate surface area is 139 Å². The van der Waals surface area contributed by atoms with E-state index in [4.69, 9.17) is 5.26 Å². The molecule has 8 nitrogen and oxygen atoms in total. The molecule has 3 heterocycles. The molecule has 2 aliphatic rings. The third kappa shape index (κ3) is 2.56. The fraction of sp³-hybridized carbons (Fsp3) is 0.562. The summed E-state index contributed by atoms with van der Waals surface area (Å²) < 4.78 is 3.35. The molecule has 0 radical (unpaired) electrons. The van der Waals surface area contributed by atoms with Gasteiger partial charge in [0.25, 0.3) is 0 Å². The molecule has 0 bridgehead atoms. The molecule has 0 spiro atoms. The lowest BCUT2D eigenvalue weighted by molar-refractivity contribution is 0.458. The maximum absolute atomic E-state index is 12.3. The first-order valence-corrected chi connectivity index (χ1v) is 8.31. The highest BCUT2D eigenvalue weighted by Gasteiger charge is 2.33. The molecule has 1 aliphatic heterocycles. The van der Waals surface area contributed by atoms with Gasteiger partial charge in [-0.25, -0.2) is 19.4 Å². The van der Waals surface area contributed by atoms with Crippen molar-refractivity contribution < 1.29 is 0 Å². The van der Waals surface area contributed by atoms with Gasteiger partial charge in [-0.1, -0.05) is 0 Å². The summed E-state index contributed by atoms with van der Waals surface area (Å²) in [6.07, 6.45) is 5.58. The molecule has 0 unspecified atom stereocenters. The highest BCUT2D eigenvalue weighted by molar-refractivity contribution is 5.34. The number of anilines is 1. The minimum atomic E-state index is -0.0000146. The summed E-state index contributed by atoms with van der Waals surface area (Å²) in [5, 5.41) is 13.5. The van der Waals surface area contributed by atoms with Crippen LogP contribution in [0.3, 0.4) is 0 Å². The highest BCUT2D eigenvalue weighted by atomic mass is 16.2. The first-order chi connectivity index (χ1) is 11.7. The molecule has 2 fully saturated rings. The van der Waals surface area contributed by atoms with E-state index >= 15 is 0 Å². The van der Waals surface area contributed by atoms with Gasteiger partial charge in [-0.15, -0.1) is 0 Å². The molecule has 1 saturated heterocycles. The van der Waals surface area contributed by atoms with Crippen LogP contribution in [0.2, 0.25) is 0 Å². The molecule has 1 saturated carbocycles. The summed E-state index contributed by atoms with van der Waals surface area (Å²) in [5.41, 5.74) is 0.384. The number of rotatable bonds is 3. The topological polar surface area (TPSA) is 92.6 Å². The Hall–Kier alpha value is -2.69. The van der Waals surface area contributed by atoms with E-state index in [1.54, 1.807) is 19.3 Å². The standard InChI is InChI=1S/C16H19N7O/c1-21-16(24)23(13-2-3-13)14(20-21)11-5-8-22(9-6-11)15-18-7-4-12(10-17)19-15/h4,7,11,13H,2-3,5-6,8-9H2,1H3. The first kappa shape index (κ1) is 14.9. The second-order valence-corrected chi connectivity index (χ2v) is 6.48. The first-order valence-electron chi connectivity index (χ1n) is 8.31. The van der Waals surface area contributed by atoms with Crippen LogP contribution in [0.15, 0.2) is 17.1 Å². The van der Waals surface area contributed by atoms with Gasteiger partial charge in [-0.05, 0) is 31.7 Å². The fourth-order valence-electron chi connectivity index (χ4n) is 3.35. The van der Waals surface area contributed by atoms with Gasteiger partial charge in [0.15, 0.2) is 0 Å². The van der Waals surface area contributed by atoms with Crippen molar-refractivity contribution in [3.05, 3.63) is 34.3 Å². The molecule has 124 valence electrons. The summed E-state index contributed by atoms with van der Waals surface area (Å²) >= 11 is 0. The maximum Gasteiger partial charge on any atom is 0.345 e. The molecule has 24 heavy (non-hydrogen) atoms. The Balaban J connectivity index is 1.52. The minimum absolute atomic E-state index is 0.0000146. The van der Waals surface area contributed by atoms with Gasteiger partial charge < -0.3 is 4.90 Å². The van der Waals surface area contributed by atoms with Gasteiger partial charge in [0.05, 0.1) is 0 Å². The van der Waals surface area contributed by atoms with Crippen molar-refractivity contribution >= 4 is 5.95 Å². The van der Waals surface area contributed by atoms with Gasteiger partial charge >= 0.3 is 5.69 Å². The SMILES string of the molecule is Cn1nc(C2CCN(c3nccc(C#N)n3)CC2)n(C2CC2)c1=O. The number of aryl methyl sites for hydroxylation is 1. The van der Waals surface area contributed by atoms with Gasteiger partial charge in [-0.2, -0.15) is 10.4 Å². The van der Waals surface area contributed by atoms with Crippen molar-refractivity contribution in [1.82, 2.24) is 24.3 Å². The average molecular weight is 325 g/mol. The molecule has 8 heteroatoms. The zero-order valence-corrected chi connectivity index (χ0v) is 13.6. The quantitative estimate of drug-likeness (QED) is 0.834. The average Bonchev–Trinajstić information content (AvgIpc) is 3.41. The molecular formula is C16H19N7O. The molecule has 1 aliphatic carbocycles. The molecular weight excluding hydrogens is 306 g/mol. The van der Waals surface area contributed by atoms with E-state index in [2.05, 4.69) is 20.0 Å². The van der Waals surface area contributed by atoms with Crippen LogP contribution in [0.1, 0.15) is 49.2 Å². The Bertz CT molecular complexity index is 850. The van der Waals surface area contributed by atoms with Crippen LogP contribution in [0, 0.1) is 11.3 Å². The second kappa shape index (κ2) is 5.74. The van der Waals surface area contributed by atoms with Crippen LogP contribution in [-0.4, -0.2) is 37.4 Å². The summed E-state index contributed by atoms with van der Waals surface area (Å²) in [4.78, 5) is 22.9. The smallest absolute Gasteiger partial charge is 0.341 e. The van der Waals surface area contributed by atoms with Gasteiger partial charge in [-0.3, -0.25) is 4.57 Å². The number of hydrogen-bond acceptors (Lipinski definition) is 6. The van der Waals surface area contributed by atoms with Gasteiger partial charge in [0.1, 0.15) is 17.6 Å². The van der Waals surface area contributed by atoms with Crippen LogP contribution in [0.5, 0.6) is 0 Å². The largest absolute Gasteiger partial charge is 0.345 e. The Morgan fingerprint density at radius 3 is 2.67 bits per heavy atom. The molecule has 0 N–H and O–H groups in total. The number of piperidine rings is 1. The van der Waals surface area contributed by atoms with Crippen molar-refractivity contribution in [2.24, 2.45) is 7.05 Å². The number of nitrogens with zero attached hydrogens (tertiary/aromatic N) is 7. The molecule has 0 atom stereocenters. The van der Waals surface area contributed by atoms with Crippen LogP contribution >= 0.6 is 0 Å². The summed E-state index contributed by atoms with van der Waals surface area (Å²) in [5.74, 6) is 1.82. The number of aromatic nitrogens is 5. The van der Waals surface area contributed by atoms with Crippen molar-refractivity contribution in [2.45, 2.75) is 37.6 Å². The lowest BCUT2D eigenvalue weighted by atomic mass is 9.96. The van der Waals surface area contributed by atoms with E-state index in [9.17, 15) is 4.79 Å². The fourth-order valence-corrected chi connectivity index (χ4v) is 3.35. The van der Waals surface area contributed by atoms with E-state index in [1.165, 1.54) is 4.68 Å². The number of nitriles is 1. The van der Waals surface area contributed by atoms with E-state index in [0.717, 1.165) is 44.6 Å². The Morgan fingerprint density at radius 1 is 1.25 bits per heavy atom. The predicted octanol–water partition coefficient (Wildman–Crippen LogP) is 0.962. The summed E-state index contributed by atoms with van der Waals surface area (Å²) in [7, 11) is 1.72. The van der Waals surface area contributed by atoms with Gasteiger partial charge in [0, 0.05) is 38.3 Å². The molecule has 2 aromatic heterocycles. The third-order valence-corrected chi connectivity index (χ3v) is 4.79. The Kier molecular flexibility index (Phi) is 3.56. The summed E-state index contributed by atoms with van der Waals surface area (Å²) in [6, 6.07) is 4.00. The third-order valence-electron chi connectivity index (χ3n) is 4.79. The monoisotopic (exact) mass is 325 g/mol. The van der Waals surface area contributed by atoms with Crippen molar-refractivity contribution in [1.29, 1.82) is 5.26 Å². The van der Waals surface area contributed by atoms with Crippen molar-refractivity contribution in [2.75, 3.05) is 18.0 Å². The molecule has 0 aromatic carbocycles. The van der Waals surface area contributed by atoms with Crippen LogP contribution in [-0.2, 0) is 7.05 Å². The number of hydrogen-bond donors (Lipinski definition) is 0. The van der Waals surface area contributed by atoms with Crippen LogP contribution < -0.4 is 10.6 Å².